The van der Waals surface area contributed by atoms with Crippen molar-refractivity contribution in [2.45, 2.75) is 52.6 Å². The highest BCUT2D eigenvalue weighted by molar-refractivity contribution is 5.88. The van der Waals surface area contributed by atoms with E-state index in [0.717, 1.165) is 16.7 Å². The van der Waals surface area contributed by atoms with Gasteiger partial charge >= 0.3 is 0 Å². The van der Waals surface area contributed by atoms with E-state index in [1.807, 2.05) is 91.9 Å². The highest BCUT2D eigenvalue weighted by Gasteiger charge is 2.30. The van der Waals surface area contributed by atoms with E-state index in [9.17, 15) is 9.59 Å². The third kappa shape index (κ3) is 7.87. The standard InChI is InChI=1S/C30H36N2O2/c1-23(2)21-31-30(34)28(20-26-12-8-5-9-13-26)32(22-27-16-14-24(3)15-17-27)29(33)19-18-25-10-6-4-7-11-25/h4-17,23,28H,18-22H2,1-3H3,(H,31,34). The summed E-state index contributed by atoms with van der Waals surface area (Å²) >= 11 is 0. The van der Waals surface area contributed by atoms with Gasteiger partial charge < -0.3 is 10.2 Å². The first-order chi connectivity index (χ1) is 16.4. The predicted octanol–water partition coefficient (Wildman–Crippen LogP) is 5.34. The SMILES string of the molecule is Cc1ccc(CN(C(=O)CCc2ccccc2)C(Cc2ccccc2)C(=O)NCC(C)C)cc1. The van der Waals surface area contributed by atoms with Gasteiger partial charge in [0.15, 0.2) is 0 Å². The lowest BCUT2D eigenvalue weighted by Crippen LogP contribution is -2.51. The topological polar surface area (TPSA) is 49.4 Å². The average Bonchev–Trinajstić information content (AvgIpc) is 2.85. The molecule has 0 fully saturated rings. The van der Waals surface area contributed by atoms with Gasteiger partial charge in [-0.1, -0.05) is 104 Å². The molecule has 0 bridgehead atoms. The highest BCUT2D eigenvalue weighted by atomic mass is 16.2. The van der Waals surface area contributed by atoms with Crippen LogP contribution in [0.4, 0.5) is 0 Å². The Bertz CT molecular complexity index is 1030. The van der Waals surface area contributed by atoms with Crippen LogP contribution >= 0.6 is 0 Å². The normalized spacial score (nSPS) is 11.8. The zero-order valence-corrected chi connectivity index (χ0v) is 20.5. The number of aryl methyl sites for hydroxylation is 2. The minimum absolute atomic E-state index is 0.00921. The molecule has 0 aromatic heterocycles. The fourth-order valence-electron chi connectivity index (χ4n) is 3.91. The van der Waals surface area contributed by atoms with Crippen molar-refractivity contribution >= 4 is 11.8 Å². The fourth-order valence-corrected chi connectivity index (χ4v) is 3.91. The van der Waals surface area contributed by atoms with Crippen LogP contribution in [0.25, 0.3) is 0 Å². The van der Waals surface area contributed by atoms with Gasteiger partial charge in [-0.15, -0.1) is 0 Å². The van der Waals surface area contributed by atoms with Gasteiger partial charge in [0.25, 0.3) is 0 Å². The quantitative estimate of drug-likeness (QED) is 0.423. The van der Waals surface area contributed by atoms with E-state index in [1.165, 1.54) is 5.56 Å². The number of rotatable bonds is 11. The lowest BCUT2D eigenvalue weighted by molar-refractivity contribution is -0.141. The van der Waals surface area contributed by atoms with Crippen LogP contribution in [-0.4, -0.2) is 29.3 Å². The Hall–Kier alpha value is -3.40. The monoisotopic (exact) mass is 456 g/mol. The second-order valence-corrected chi connectivity index (χ2v) is 9.34. The molecule has 0 aliphatic rings. The molecule has 0 aliphatic carbocycles. The summed E-state index contributed by atoms with van der Waals surface area (Å²) in [4.78, 5) is 28.8. The maximum atomic E-state index is 13.6. The molecule has 1 atom stereocenters. The minimum atomic E-state index is -0.578. The summed E-state index contributed by atoms with van der Waals surface area (Å²) < 4.78 is 0. The van der Waals surface area contributed by atoms with Crippen LogP contribution < -0.4 is 5.32 Å². The van der Waals surface area contributed by atoms with Gasteiger partial charge in [-0.25, -0.2) is 0 Å². The Morgan fingerprint density at radius 2 is 1.38 bits per heavy atom. The van der Waals surface area contributed by atoms with E-state index in [2.05, 4.69) is 19.2 Å². The third-order valence-corrected chi connectivity index (χ3v) is 5.90. The van der Waals surface area contributed by atoms with Crippen LogP contribution in [0, 0.1) is 12.8 Å². The number of benzene rings is 3. The molecular formula is C30H36N2O2. The molecule has 1 N–H and O–H groups in total. The molecule has 2 amide bonds. The first kappa shape index (κ1) is 25.2. The smallest absolute Gasteiger partial charge is 0.243 e. The van der Waals surface area contributed by atoms with Crippen LogP contribution in [0.15, 0.2) is 84.9 Å². The Balaban J connectivity index is 1.88. The van der Waals surface area contributed by atoms with Crippen molar-refractivity contribution < 1.29 is 9.59 Å². The average molecular weight is 457 g/mol. The van der Waals surface area contributed by atoms with Crippen LogP contribution in [0.3, 0.4) is 0 Å². The van der Waals surface area contributed by atoms with E-state index in [1.54, 1.807) is 4.90 Å². The highest BCUT2D eigenvalue weighted by Crippen LogP contribution is 2.17. The summed E-state index contributed by atoms with van der Waals surface area (Å²) in [6.07, 6.45) is 1.49. The van der Waals surface area contributed by atoms with Gasteiger partial charge in [-0.3, -0.25) is 9.59 Å². The van der Waals surface area contributed by atoms with Gasteiger partial charge in [0, 0.05) is 25.9 Å². The molecule has 1 unspecified atom stereocenters. The number of carbonyl (C=O) groups is 2. The van der Waals surface area contributed by atoms with E-state index in [0.29, 0.717) is 38.3 Å². The summed E-state index contributed by atoms with van der Waals surface area (Å²) in [5.41, 5.74) is 4.35. The molecular weight excluding hydrogens is 420 g/mol. The zero-order chi connectivity index (χ0) is 24.3. The predicted molar refractivity (Wildman–Crippen MR) is 138 cm³/mol. The van der Waals surface area contributed by atoms with Crippen molar-refractivity contribution in [3.63, 3.8) is 0 Å². The molecule has 0 saturated heterocycles. The van der Waals surface area contributed by atoms with Crippen molar-refractivity contribution in [3.8, 4) is 0 Å². The molecule has 0 aliphatic heterocycles. The molecule has 178 valence electrons. The maximum Gasteiger partial charge on any atom is 0.243 e. The van der Waals surface area contributed by atoms with Gasteiger partial charge in [0.05, 0.1) is 0 Å². The zero-order valence-electron chi connectivity index (χ0n) is 20.5. The van der Waals surface area contributed by atoms with E-state index < -0.39 is 6.04 Å². The van der Waals surface area contributed by atoms with Crippen molar-refractivity contribution in [1.29, 1.82) is 0 Å². The molecule has 4 heteroatoms. The lowest BCUT2D eigenvalue weighted by atomic mass is 10.0. The number of carbonyl (C=O) groups excluding carboxylic acids is 2. The second kappa shape index (κ2) is 12.7. The van der Waals surface area contributed by atoms with Gasteiger partial charge in [-0.05, 0) is 36.0 Å². The number of hydrogen-bond donors (Lipinski definition) is 1. The number of nitrogens with one attached hydrogen (secondary N) is 1. The Kier molecular flexibility index (Phi) is 9.45. The first-order valence-electron chi connectivity index (χ1n) is 12.1. The van der Waals surface area contributed by atoms with Crippen LogP contribution in [0.2, 0.25) is 0 Å². The van der Waals surface area contributed by atoms with Crippen molar-refractivity contribution in [1.82, 2.24) is 10.2 Å². The molecule has 0 saturated carbocycles. The van der Waals surface area contributed by atoms with E-state index in [4.69, 9.17) is 0 Å². The van der Waals surface area contributed by atoms with Crippen molar-refractivity contribution in [3.05, 3.63) is 107 Å². The first-order valence-corrected chi connectivity index (χ1v) is 12.1. The molecule has 3 aromatic carbocycles. The Morgan fingerprint density at radius 3 is 1.97 bits per heavy atom. The van der Waals surface area contributed by atoms with Crippen LogP contribution in [-0.2, 0) is 29.0 Å². The fraction of sp³-hybridized carbons (Fsp3) is 0.333. The van der Waals surface area contributed by atoms with Crippen molar-refractivity contribution in [2.24, 2.45) is 5.92 Å². The Morgan fingerprint density at radius 1 is 0.794 bits per heavy atom. The maximum absolute atomic E-state index is 13.6. The third-order valence-electron chi connectivity index (χ3n) is 5.90. The summed E-state index contributed by atoms with van der Waals surface area (Å²) in [7, 11) is 0. The van der Waals surface area contributed by atoms with Gasteiger partial charge in [0.1, 0.15) is 6.04 Å². The van der Waals surface area contributed by atoms with E-state index in [-0.39, 0.29) is 11.8 Å². The summed E-state index contributed by atoms with van der Waals surface area (Å²) in [6, 6.07) is 27.6. The summed E-state index contributed by atoms with van der Waals surface area (Å²) in [5.74, 6) is 0.225. The summed E-state index contributed by atoms with van der Waals surface area (Å²) in [6.45, 7) is 7.18. The molecule has 3 aromatic rings. The van der Waals surface area contributed by atoms with Crippen LogP contribution in [0.5, 0.6) is 0 Å². The largest absolute Gasteiger partial charge is 0.354 e. The second-order valence-electron chi connectivity index (χ2n) is 9.34. The minimum Gasteiger partial charge on any atom is -0.354 e. The molecule has 34 heavy (non-hydrogen) atoms. The number of nitrogens with zero attached hydrogens (tertiary/aromatic N) is 1. The number of hydrogen-bond acceptors (Lipinski definition) is 2. The molecule has 4 nitrogen and oxygen atoms in total. The van der Waals surface area contributed by atoms with Gasteiger partial charge in [-0.2, -0.15) is 0 Å². The van der Waals surface area contributed by atoms with Crippen molar-refractivity contribution in [2.75, 3.05) is 6.54 Å². The van der Waals surface area contributed by atoms with Gasteiger partial charge in [0.2, 0.25) is 11.8 Å². The summed E-state index contributed by atoms with van der Waals surface area (Å²) in [5, 5.41) is 3.07. The molecule has 0 radical (unpaired) electrons. The molecule has 3 rings (SSSR count). The molecule has 0 spiro atoms. The molecule has 0 heterocycles. The van der Waals surface area contributed by atoms with Crippen LogP contribution in [0.1, 0.15) is 42.5 Å². The number of amides is 2. The Labute approximate surface area is 204 Å². The van der Waals surface area contributed by atoms with E-state index >= 15 is 0 Å². The lowest BCUT2D eigenvalue weighted by Gasteiger charge is -2.32.